The van der Waals surface area contributed by atoms with Crippen molar-refractivity contribution in [1.29, 1.82) is 0 Å². The normalized spacial score (nSPS) is 9.50. The summed E-state index contributed by atoms with van der Waals surface area (Å²) >= 11 is 1.31. The van der Waals surface area contributed by atoms with Gasteiger partial charge in [-0.3, -0.25) is 9.59 Å². The van der Waals surface area contributed by atoms with Gasteiger partial charge in [0.2, 0.25) is 0 Å². The second-order valence-corrected chi connectivity index (χ2v) is 3.66. The van der Waals surface area contributed by atoms with E-state index in [9.17, 15) is 9.59 Å². The molecule has 4 heteroatoms. The number of rotatable bonds is 5. The Morgan fingerprint density at radius 3 is 2.42 bits per heavy atom. The summed E-state index contributed by atoms with van der Waals surface area (Å²) in [6.07, 6.45) is 1.75. The Balaban J connectivity index is 3.01. The standard InChI is InChI=1S/C8H14O3S/c1-7(9)11-5-3-4-6-12-8(2)10/h3-6H2,1-2H3. The molecule has 0 saturated heterocycles. The number of esters is 1. The van der Waals surface area contributed by atoms with Crippen molar-refractivity contribution in [2.24, 2.45) is 0 Å². The van der Waals surface area contributed by atoms with Crippen molar-refractivity contribution in [3.63, 3.8) is 0 Å². The lowest BCUT2D eigenvalue weighted by Gasteiger charge is -2.00. The van der Waals surface area contributed by atoms with E-state index in [1.165, 1.54) is 18.7 Å². The number of thioether (sulfide) groups is 1. The molecule has 0 unspecified atom stereocenters. The van der Waals surface area contributed by atoms with E-state index < -0.39 is 0 Å². The number of ether oxygens (including phenoxy) is 1. The second kappa shape index (κ2) is 7.16. The molecule has 0 N–H and O–H groups in total. The average Bonchev–Trinajstić information content (AvgIpc) is 1.95. The first-order valence-electron chi connectivity index (χ1n) is 3.89. The van der Waals surface area contributed by atoms with Gasteiger partial charge in [-0.25, -0.2) is 0 Å². The van der Waals surface area contributed by atoms with Gasteiger partial charge in [-0.1, -0.05) is 11.8 Å². The van der Waals surface area contributed by atoms with E-state index in [1.807, 2.05) is 0 Å². The highest BCUT2D eigenvalue weighted by Crippen LogP contribution is 2.04. The van der Waals surface area contributed by atoms with E-state index in [0.29, 0.717) is 6.61 Å². The summed E-state index contributed by atoms with van der Waals surface area (Å²) in [7, 11) is 0. The van der Waals surface area contributed by atoms with E-state index in [4.69, 9.17) is 4.74 Å². The van der Waals surface area contributed by atoms with Crippen LogP contribution in [0.5, 0.6) is 0 Å². The molecule has 0 aliphatic rings. The predicted octanol–water partition coefficient (Wildman–Crippen LogP) is 1.61. The Morgan fingerprint density at radius 2 is 1.92 bits per heavy atom. The monoisotopic (exact) mass is 190 g/mol. The molecule has 12 heavy (non-hydrogen) atoms. The van der Waals surface area contributed by atoms with Gasteiger partial charge in [-0.05, 0) is 12.8 Å². The highest BCUT2D eigenvalue weighted by molar-refractivity contribution is 8.13. The average molecular weight is 190 g/mol. The van der Waals surface area contributed by atoms with Crippen molar-refractivity contribution in [2.45, 2.75) is 26.7 Å². The largest absolute Gasteiger partial charge is 0.466 e. The summed E-state index contributed by atoms with van der Waals surface area (Å²) in [5.74, 6) is 0.575. The van der Waals surface area contributed by atoms with Crippen molar-refractivity contribution in [3.05, 3.63) is 0 Å². The van der Waals surface area contributed by atoms with Gasteiger partial charge in [-0.2, -0.15) is 0 Å². The third-order valence-electron chi connectivity index (χ3n) is 1.15. The van der Waals surface area contributed by atoms with Crippen molar-refractivity contribution in [3.8, 4) is 0 Å². The van der Waals surface area contributed by atoms with Gasteiger partial charge in [-0.15, -0.1) is 0 Å². The Kier molecular flexibility index (Phi) is 6.85. The topological polar surface area (TPSA) is 43.4 Å². The molecule has 0 spiro atoms. The molecule has 0 aliphatic heterocycles. The number of carbonyl (C=O) groups is 2. The molecule has 0 amide bonds. The van der Waals surface area contributed by atoms with Crippen LogP contribution in [0.4, 0.5) is 0 Å². The fourth-order valence-corrected chi connectivity index (χ4v) is 1.27. The second-order valence-electron chi connectivity index (χ2n) is 2.39. The maximum atomic E-state index is 10.5. The van der Waals surface area contributed by atoms with Crippen molar-refractivity contribution < 1.29 is 14.3 Å². The van der Waals surface area contributed by atoms with E-state index in [2.05, 4.69) is 0 Å². The number of hydrogen-bond acceptors (Lipinski definition) is 4. The first-order chi connectivity index (χ1) is 5.63. The van der Waals surface area contributed by atoms with Crippen LogP contribution >= 0.6 is 11.8 Å². The summed E-state index contributed by atoms with van der Waals surface area (Å²) < 4.78 is 4.72. The Hall–Kier alpha value is -0.510. The maximum Gasteiger partial charge on any atom is 0.302 e. The SMILES string of the molecule is CC(=O)OCCCCSC(C)=O. The van der Waals surface area contributed by atoms with E-state index in [0.717, 1.165) is 18.6 Å². The highest BCUT2D eigenvalue weighted by atomic mass is 32.2. The van der Waals surface area contributed by atoms with Crippen LogP contribution in [0.1, 0.15) is 26.7 Å². The van der Waals surface area contributed by atoms with E-state index in [1.54, 1.807) is 6.92 Å². The highest BCUT2D eigenvalue weighted by Gasteiger charge is 1.95. The fraction of sp³-hybridized carbons (Fsp3) is 0.750. The molecular weight excluding hydrogens is 176 g/mol. The molecule has 0 heterocycles. The lowest BCUT2D eigenvalue weighted by Crippen LogP contribution is -2.00. The number of carbonyl (C=O) groups excluding carboxylic acids is 2. The quantitative estimate of drug-likeness (QED) is 0.488. The molecule has 70 valence electrons. The van der Waals surface area contributed by atoms with Gasteiger partial charge in [0, 0.05) is 19.6 Å². The van der Waals surface area contributed by atoms with Gasteiger partial charge < -0.3 is 4.74 Å². The minimum atomic E-state index is -0.241. The molecule has 0 fully saturated rings. The number of hydrogen-bond donors (Lipinski definition) is 0. The fourth-order valence-electron chi connectivity index (χ4n) is 0.636. The smallest absolute Gasteiger partial charge is 0.302 e. The summed E-state index contributed by atoms with van der Waals surface area (Å²) in [6.45, 7) is 3.41. The minimum Gasteiger partial charge on any atom is -0.466 e. The van der Waals surface area contributed by atoms with Crippen LogP contribution in [-0.2, 0) is 14.3 Å². The molecule has 0 aliphatic carbocycles. The molecule has 0 bridgehead atoms. The first kappa shape index (κ1) is 11.5. The summed E-state index contributed by atoms with van der Waals surface area (Å²) in [5, 5.41) is 0.141. The molecule has 0 aromatic heterocycles. The van der Waals surface area contributed by atoms with Crippen molar-refractivity contribution in [2.75, 3.05) is 12.4 Å². The van der Waals surface area contributed by atoms with Crippen LogP contribution in [0, 0.1) is 0 Å². The first-order valence-corrected chi connectivity index (χ1v) is 4.88. The van der Waals surface area contributed by atoms with Crippen molar-refractivity contribution >= 4 is 22.8 Å². The van der Waals surface area contributed by atoms with Crippen LogP contribution < -0.4 is 0 Å². The zero-order chi connectivity index (χ0) is 9.40. The lowest BCUT2D eigenvalue weighted by atomic mass is 10.4. The summed E-state index contributed by atoms with van der Waals surface area (Å²) in [5.41, 5.74) is 0. The van der Waals surface area contributed by atoms with Gasteiger partial charge in [0.25, 0.3) is 0 Å². The molecule has 3 nitrogen and oxygen atoms in total. The minimum absolute atomic E-state index is 0.141. The maximum absolute atomic E-state index is 10.5. The Bertz CT molecular complexity index is 138. The third-order valence-corrected chi connectivity index (χ3v) is 2.05. The Labute approximate surface area is 76.9 Å². The van der Waals surface area contributed by atoms with Crippen LogP contribution in [-0.4, -0.2) is 23.4 Å². The molecule has 0 aromatic rings. The van der Waals surface area contributed by atoms with Crippen molar-refractivity contribution in [1.82, 2.24) is 0 Å². The molecule has 0 atom stereocenters. The molecule has 0 saturated carbocycles. The van der Waals surface area contributed by atoms with Gasteiger partial charge in [0.15, 0.2) is 5.12 Å². The van der Waals surface area contributed by atoms with E-state index in [-0.39, 0.29) is 11.1 Å². The molecular formula is C8H14O3S. The van der Waals surface area contributed by atoms with E-state index >= 15 is 0 Å². The zero-order valence-electron chi connectivity index (χ0n) is 7.46. The van der Waals surface area contributed by atoms with Crippen LogP contribution in [0.3, 0.4) is 0 Å². The molecule has 0 aromatic carbocycles. The molecule has 0 radical (unpaired) electrons. The summed E-state index contributed by atoms with van der Waals surface area (Å²) in [4.78, 5) is 20.8. The van der Waals surface area contributed by atoms with Gasteiger partial charge in [0.1, 0.15) is 0 Å². The zero-order valence-corrected chi connectivity index (χ0v) is 8.28. The summed E-state index contributed by atoms with van der Waals surface area (Å²) in [6, 6.07) is 0. The lowest BCUT2D eigenvalue weighted by molar-refractivity contribution is -0.141. The van der Waals surface area contributed by atoms with Gasteiger partial charge in [0.05, 0.1) is 6.61 Å². The predicted molar refractivity (Wildman–Crippen MR) is 49.0 cm³/mol. The van der Waals surface area contributed by atoms with Gasteiger partial charge >= 0.3 is 5.97 Å². The Morgan fingerprint density at radius 1 is 1.25 bits per heavy atom. The van der Waals surface area contributed by atoms with Crippen LogP contribution in [0.2, 0.25) is 0 Å². The third kappa shape index (κ3) is 9.49. The van der Waals surface area contributed by atoms with Crippen LogP contribution in [0.15, 0.2) is 0 Å². The number of unbranched alkanes of at least 4 members (excludes halogenated alkanes) is 1. The molecule has 0 rings (SSSR count). The van der Waals surface area contributed by atoms with Crippen LogP contribution in [0.25, 0.3) is 0 Å².